The summed E-state index contributed by atoms with van der Waals surface area (Å²) >= 11 is 0. The molecule has 0 saturated carbocycles. The van der Waals surface area contributed by atoms with Crippen LogP contribution in [-0.4, -0.2) is 270 Å². The van der Waals surface area contributed by atoms with Gasteiger partial charge in [-0.25, -0.2) is 52.7 Å². The van der Waals surface area contributed by atoms with Crippen molar-refractivity contribution in [2.24, 2.45) is 0 Å². The van der Waals surface area contributed by atoms with Gasteiger partial charge in [0.1, 0.15) is 18.5 Å². The van der Waals surface area contributed by atoms with Gasteiger partial charge in [-0.05, 0) is 159 Å². The van der Waals surface area contributed by atoms with Crippen LogP contribution in [0.1, 0.15) is 122 Å². The van der Waals surface area contributed by atoms with E-state index in [1.165, 1.54) is 11.3 Å². The maximum Gasteiger partial charge on any atom is 0.412 e. The standard InChI is InChI=1S/C76H52O46.C15H21N3O2/c77-32-1-22(2-33(78)53(32)92)67(103)113-47-16-27(11-42(87)58(47)97)66(102)112-21-52-63(119-72(108)28-12-43(88)59(98)48(17-28)114-68(104)23-3-34(79)54(93)35(80)4-23)64(120-73(109)29-13-44(89)60(99)49(18-29)115-69(105)24-5-36(81)55(94)37(82)6-24)65(121-74(110)30-14-45(90)61(100)50(19-30)116-70(106)25-7-38(83)56(95)39(84)8-25)76(118-52)122-75(111)31-15-46(91)62(101)51(20-31)117-71(107)26-9-40(85)57(96)41(86)10-26;1-15-7-8-17(3)13(15)18(4)12-6-5-10(9-11(12)15)20-14(19)16-2/h1-20,52,63-65,76-101H,21H2;5-6,9,13H,7-8H2,1-4H3,(H,16,19)/t52-,63-,64+,65-,76+;13-,15+/m10/s1. The fourth-order valence-corrected chi connectivity index (χ4v) is 14.6. The molecule has 0 unspecified atom stereocenters. The van der Waals surface area contributed by atoms with Crippen molar-refractivity contribution in [2.45, 2.75) is 55.6 Å². The minimum absolute atomic E-state index is 0.0981. The lowest BCUT2D eigenvalue weighted by Gasteiger charge is -2.43. The molecule has 0 aromatic heterocycles. The minimum atomic E-state index is -3.12. The number of anilines is 1. The van der Waals surface area contributed by atoms with Crippen LogP contribution in [0.25, 0.3) is 0 Å². The quantitative estimate of drug-likeness (QED) is 0.0147. The highest BCUT2D eigenvalue weighted by molar-refractivity contribution is 6.00. The number of aromatic hydroxyl groups is 25. The van der Waals surface area contributed by atoms with E-state index in [0.717, 1.165) is 13.0 Å². The second-order valence-corrected chi connectivity index (χ2v) is 31.1. The van der Waals surface area contributed by atoms with Gasteiger partial charge < -0.3 is 195 Å². The highest BCUT2D eigenvalue weighted by Crippen LogP contribution is 2.54. The first-order chi connectivity index (χ1) is 66.8. The largest absolute Gasteiger partial charge is 0.504 e. The molecule has 0 radical (unpaired) electrons. The third kappa shape index (κ3) is 20.2. The summed E-state index contributed by atoms with van der Waals surface area (Å²) in [5.74, 6) is -55.4. The molecule has 0 aliphatic carbocycles. The molecular weight excluding hydrogens is 1900 g/mol. The molecule has 11 aromatic carbocycles. The Balaban J connectivity index is 0.000000746. The molecular formula is C91H73N3O48. The van der Waals surface area contributed by atoms with Crippen LogP contribution < -0.4 is 38.6 Å². The lowest BCUT2D eigenvalue weighted by Crippen LogP contribution is -2.63. The molecule has 740 valence electrons. The molecule has 7 atom stereocenters. The number of esters is 10. The zero-order valence-corrected chi connectivity index (χ0v) is 72.3. The number of benzene rings is 11. The van der Waals surface area contributed by atoms with E-state index in [4.69, 9.17) is 56.8 Å². The number of ether oxygens (including phenoxy) is 12. The van der Waals surface area contributed by atoms with E-state index in [-0.39, 0.29) is 5.41 Å². The van der Waals surface area contributed by atoms with E-state index in [1.807, 2.05) is 18.2 Å². The Bertz CT molecular complexity index is 6980. The topological polar surface area (TPSA) is 823 Å². The van der Waals surface area contributed by atoms with Gasteiger partial charge in [0.25, 0.3) is 0 Å². The molecule has 14 rings (SSSR count). The maximum atomic E-state index is 15.3. The van der Waals surface area contributed by atoms with Crippen LogP contribution >= 0.6 is 0 Å². The number of likely N-dealkylation sites (N-methyl/N-ethyl adjacent to an activating group) is 2. The number of rotatable bonds is 22. The lowest BCUT2D eigenvalue weighted by atomic mass is 9.81. The number of fused-ring (bicyclic) bond motifs is 3. The zero-order chi connectivity index (χ0) is 104. The van der Waals surface area contributed by atoms with Gasteiger partial charge in [-0.1, -0.05) is 6.92 Å². The van der Waals surface area contributed by atoms with Gasteiger partial charge in [0.15, 0.2) is 156 Å². The molecule has 3 aliphatic heterocycles. The summed E-state index contributed by atoms with van der Waals surface area (Å²) in [6.07, 6.45) is -14.0. The van der Waals surface area contributed by atoms with E-state index in [2.05, 4.69) is 36.1 Å². The maximum absolute atomic E-state index is 15.3. The summed E-state index contributed by atoms with van der Waals surface area (Å²) in [5.41, 5.74) is -7.29. The molecule has 0 spiro atoms. The normalized spacial score (nSPS) is 16.5. The molecule has 26 N–H and O–H groups in total. The van der Waals surface area contributed by atoms with Crippen LogP contribution in [0.4, 0.5) is 10.5 Å². The number of hydrogen-bond donors (Lipinski definition) is 26. The van der Waals surface area contributed by atoms with Gasteiger partial charge in [0.2, 0.25) is 41.1 Å². The fourth-order valence-electron chi connectivity index (χ4n) is 14.6. The molecule has 3 aliphatic rings. The summed E-state index contributed by atoms with van der Waals surface area (Å²) in [6, 6.07) is 14.5. The number of nitrogens with zero attached hydrogens (tertiary/aromatic N) is 2. The van der Waals surface area contributed by atoms with E-state index in [1.54, 1.807) is 7.05 Å². The molecule has 1 amide bonds. The summed E-state index contributed by atoms with van der Waals surface area (Å²) in [6.45, 7) is 1.68. The van der Waals surface area contributed by atoms with Crippen LogP contribution in [0, 0.1) is 0 Å². The Morgan fingerprint density at radius 1 is 0.317 bits per heavy atom. The first-order valence-electron chi connectivity index (χ1n) is 40.1. The second-order valence-electron chi connectivity index (χ2n) is 31.1. The van der Waals surface area contributed by atoms with Crippen molar-refractivity contribution in [2.75, 3.05) is 39.2 Å². The average molecular weight is 1980 g/mol. The molecule has 11 aromatic rings. The molecule has 2 fully saturated rings. The first kappa shape index (κ1) is 99.6. The number of hydrogen-bond acceptors (Lipinski definition) is 50. The Labute approximate surface area is 789 Å². The van der Waals surface area contributed by atoms with Crippen LogP contribution in [-0.2, 0) is 33.8 Å². The highest BCUT2D eigenvalue weighted by atomic mass is 16.8. The van der Waals surface area contributed by atoms with Crippen molar-refractivity contribution < 1.29 is 237 Å². The van der Waals surface area contributed by atoms with Gasteiger partial charge in [-0.15, -0.1) is 0 Å². The number of amides is 1. The summed E-state index contributed by atoms with van der Waals surface area (Å²) < 4.78 is 65.7. The molecule has 51 nitrogen and oxygen atoms in total. The average Bonchev–Trinajstić information content (AvgIpc) is 1.56. The monoisotopic (exact) mass is 1980 g/mol. The molecule has 51 heteroatoms. The summed E-state index contributed by atoms with van der Waals surface area (Å²) in [5, 5.41) is 264. The van der Waals surface area contributed by atoms with Crippen LogP contribution in [0.2, 0.25) is 0 Å². The van der Waals surface area contributed by atoms with Gasteiger partial charge in [-0.3, -0.25) is 4.90 Å². The van der Waals surface area contributed by atoms with Gasteiger partial charge in [0.05, 0.1) is 61.8 Å². The number of likely N-dealkylation sites (tertiary alicyclic amines) is 1. The van der Waals surface area contributed by atoms with Gasteiger partial charge in [-0.2, -0.15) is 0 Å². The van der Waals surface area contributed by atoms with E-state index < -0.39 is 331 Å². The Morgan fingerprint density at radius 2 is 0.570 bits per heavy atom. The van der Waals surface area contributed by atoms with E-state index in [9.17, 15) is 166 Å². The number of phenolic OH excluding ortho intramolecular Hbond substituents is 25. The fraction of sp³-hybridized carbons (Fsp3) is 0.154. The molecule has 2 saturated heterocycles. The van der Waals surface area contributed by atoms with Crippen LogP contribution in [0.5, 0.6) is 178 Å². The number of nitrogens with one attached hydrogen (secondary N) is 1. The molecule has 142 heavy (non-hydrogen) atoms. The number of carbonyl (C=O) groups excluding carboxylic acids is 11. The highest BCUT2D eigenvalue weighted by Gasteiger charge is 2.56. The van der Waals surface area contributed by atoms with Crippen molar-refractivity contribution >= 4 is 71.5 Å². The van der Waals surface area contributed by atoms with Gasteiger partial charge in [0, 0.05) is 31.7 Å². The Morgan fingerprint density at radius 3 is 0.859 bits per heavy atom. The predicted molar refractivity (Wildman–Crippen MR) is 461 cm³/mol. The zero-order valence-electron chi connectivity index (χ0n) is 72.3. The molecule has 0 bridgehead atoms. The van der Waals surface area contributed by atoms with Crippen molar-refractivity contribution in [3.8, 4) is 178 Å². The van der Waals surface area contributed by atoms with Gasteiger partial charge >= 0.3 is 65.8 Å². The first-order valence-corrected chi connectivity index (χ1v) is 40.1. The minimum Gasteiger partial charge on any atom is -0.504 e. The second kappa shape index (κ2) is 39.2. The Hall–Kier alpha value is -19.9. The number of carbonyl (C=O) groups is 11. The van der Waals surface area contributed by atoms with E-state index in [0.29, 0.717) is 133 Å². The summed E-state index contributed by atoms with van der Waals surface area (Å²) in [4.78, 5) is 158. The van der Waals surface area contributed by atoms with Crippen molar-refractivity contribution in [3.63, 3.8) is 0 Å². The Kier molecular flexibility index (Phi) is 27.5. The lowest BCUT2D eigenvalue weighted by molar-refractivity contribution is -0.282. The molecule has 3 heterocycles. The third-order valence-electron chi connectivity index (χ3n) is 21.6. The van der Waals surface area contributed by atoms with E-state index >= 15 is 14.4 Å². The third-order valence-corrected chi connectivity index (χ3v) is 21.6. The smallest absolute Gasteiger partial charge is 0.412 e. The SMILES string of the molecule is CNC(=O)Oc1ccc2c(c1)[C@@]1(C)CCN(C)[C@H]1N2C.O=C(OC[C@H]1O[C@@H](OC(=O)c2cc(O)c(O)c(OC(=O)c3cc(O)c(O)c(O)c3)c2)[C@H](OC(=O)c2cc(O)c(O)c(OC(=O)c3cc(O)c(O)c(O)c3)c2)[C@@H](OC(=O)c2cc(O)c(O)c(OC(=O)c3cc(O)c(O)c(O)c3)c2)[C@@H]1OC(=O)c1cc(O)c(O)c(OC(=O)c2cc(O)c(O)c(O)c2)c1)c1cc(O)c(O)c(OC(=O)c2cc(O)c(O)c(O)c2)c1. The predicted octanol–water partition coefficient (Wildman–Crippen LogP) is 6.61. The summed E-state index contributed by atoms with van der Waals surface area (Å²) in [7, 11) is 5.86. The van der Waals surface area contributed by atoms with Crippen molar-refractivity contribution in [3.05, 3.63) is 201 Å². The van der Waals surface area contributed by atoms with Crippen molar-refractivity contribution in [1.29, 1.82) is 0 Å². The van der Waals surface area contributed by atoms with Crippen LogP contribution in [0.15, 0.2) is 140 Å². The van der Waals surface area contributed by atoms with Crippen molar-refractivity contribution in [1.82, 2.24) is 10.2 Å². The van der Waals surface area contributed by atoms with Crippen LogP contribution in [0.3, 0.4) is 0 Å². The number of phenols is 25.